The average Bonchev–Trinajstić information content (AvgIpc) is 3.90. The van der Waals surface area contributed by atoms with Gasteiger partial charge < -0.3 is 9.32 Å². The molecule has 0 bridgehead atoms. The number of thiophene rings is 1. The van der Waals surface area contributed by atoms with Crippen LogP contribution in [0.4, 0.5) is 17.1 Å². The smallest absolute Gasteiger partial charge is 0.136 e. The van der Waals surface area contributed by atoms with Crippen molar-refractivity contribution in [2.24, 2.45) is 0 Å². The first-order valence-corrected chi connectivity index (χ1v) is 21.5. The van der Waals surface area contributed by atoms with Gasteiger partial charge in [0.1, 0.15) is 11.2 Å². The number of furan rings is 1. The summed E-state index contributed by atoms with van der Waals surface area (Å²) in [6.07, 6.45) is 0. The molecule has 10 aromatic carbocycles. The Balaban J connectivity index is 0.890. The third-order valence-corrected chi connectivity index (χ3v) is 13.2. The second-order valence-corrected chi connectivity index (χ2v) is 16.8. The molecule has 286 valence electrons. The molecule has 0 fully saturated rings. The Bertz CT molecular complexity index is 3590. The second kappa shape index (κ2) is 14.5. The third-order valence-electron chi connectivity index (χ3n) is 12.1. The predicted molar refractivity (Wildman–Crippen MR) is 261 cm³/mol. The molecule has 0 aliphatic rings. The maximum atomic E-state index is 6.25. The van der Waals surface area contributed by atoms with E-state index >= 15 is 0 Å². The molecular weight excluding hydrogens is 759 g/mol. The van der Waals surface area contributed by atoms with Crippen LogP contribution >= 0.6 is 11.3 Å². The number of hydrogen-bond donors (Lipinski definition) is 0. The van der Waals surface area contributed by atoms with Gasteiger partial charge in [0, 0.05) is 48.0 Å². The van der Waals surface area contributed by atoms with Gasteiger partial charge in [-0.1, -0.05) is 146 Å². The minimum Gasteiger partial charge on any atom is -0.456 e. The lowest BCUT2D eigenvalue weighted by Crippen LogP contribution is -2.09. The predicted octanol–water partition coefficient (Wildman–Crippen LogP) is 17.2. The zero-order valence-electron chi connectivity index (χ0n) is 33.1. The Morgan fingerprint density at radius 3 is 1.49 bits per heavy atom. The van der Waals surface area contributed by atoms with Gasteiger partial charge in [0.25, 0.3) is 0 Å². The van der Waals surface area contributed by atoms with Crippen LogP contribution in [-0.2, 0) is 0 Å². The van der Waals surface area contributed by atoms with Gasteiger partial charge in [-0.3, -0.25) is 0 Å². The topological polar surface area (TPSA) is 16.4 Å². The molecule has 0 saturated carbocycles. The van der Waals surface area contributed by atoms with Gasteiger partial charge in [-0.2, -0.15) is 0 Å². The van der Waals surface area contributed by atoms with Crippen molar-refractivity contribution in [1.29, 1.82) is 0 Å². The lowest BCUT2D eigenvalue weighted by molar-refractivity contribution is 0.669. The summed E-state index contributed by atoms with van der Waals surface area (Å²) in [5.74, 6) is 0. The van der Waals surface area contributed by atoms with E-state index in [1.54, 1.807) is 0 Å². The third kappa shape index (κ3) is 6.35. The van der Waals surface area contributed by atoms with E-state index in [1.807, 2.05) is 23.5 Å². The van der Waals surface area contributed by atoms with Crippen LogP contribution in [0.5, 0.6) is 0 Å². The monoisotopic (exact) mass is 795 g/mol. The molecule has 0 unspecified atom stereocenters. The molecule has 0 spiro atoms. The second-order valence-electron chi connectivity index (χ2n) is 15.7. The minimum atomic E-state index is 0.904. The molecular formula is C58H37NOS. The van der Waals surface area contributed by atoms with Crippen molar-refractivity contribution in [2.45, 2.75) is 0 Å². The van der Waals surface area contributed by atoms with Crippen molar-refractivity contribution >= 4 is 81.3 Å². The van der Waals surface area contributed by atoms with Crippen molar-refractivity contribution in [3.8, 4) is 44.5 Å². The molecule has 0 saturated heterocycles. The summed E-state index contributed by atoms with van der Waals surface area (Å²) in [6, 6.07) is 81.3. The Hall–Kier alpha value is -7.72. The zero-order valence-corrected chi connectivity index (χ0v) is 33.9. The lowest BCUT2D eigenvalue weighted by atomic mass is 9.95. The van der Waals surface area contributed by atoms with Crippen LogP contribution in [0.3, 0.4) is 0 Å². The highest BCUT2D eigenvalue weighted by molar-refractivity contribution is 7.25. The summed E-state index contributed by atoms with van der Waals surface area (Å²) in [4.78, 5) is 2.37. The van der Waals surface area contributed by atoms with E-state index < -0.39 is 0 Å². The van der Waals surface area contributed by atoms with Crippen LogP contribution in [0, 0.1) is 0 Å². The Morgan fingerprint density at radius 2 is 0.770 bits per heavy atom. The maximum Gasteiger partial charge on any atom is 0.136 e. The molecule has 0 amide bonds. The molecule has 12 rings (SSSR count). The lowest BCUT2D eigenvalue weighted by Gasteiger charge is -2.26. The molecule has 0 N–H and O–H groups in total. The summed E-state index contributed by atoms with van der Waals surface area (Å²) >= 11 is 1.85. The SMILES string of the molecule is c1cc(-c2ccc(N(c3ccc(-c4ccc5c(c4)oc4ccccc45)cc3)c3ccc4c(c3)sc3ccccc34)cc2)cc(-c2cccc(-c3ccc4ccccc4c3)c2)c1. The van der Waals surface area contributed by atoms with Gasteiger partial charge in [0.15, 0.2) is 0 Å². The van der Waals surface area contributed by atoms with Crippen molar-refractivity contribution in [2.75, 3.05) is 4.90 Å². The van der Waals surface area contributed by atoms with E-state index in [2.05, 4.69) is 217 Å². The van der Waals surface area contributed by atoms with Crippen LogP contribution in [-0.4, -0.2) is 0 Å². The fraction of sp³-hybridized carbons (Fsp3) is 0. The van der Waals surface area contributed by atoms with Crippen molar-refractivity contribution in [1.82, 2.24) is 0 Å². The molecule has 0 atom stereocenters. The Labute approximate surface area is 357 Å². The number of rotatable bonds is 7. The van der Waals surface area contributed by atoms with Gasteiger partial charge in [0.05, 0.1) is 0 Å². The number of fused-ring (bicyclic) bond motifs is 7. The van der Waals surface area contributed by atoms with E-state index in [0.717, 1.165) is 50.1 Å². The van der Waals surface area contributed by atoms with Crippen LogP contribution in [0.25, 0.3) is 97.4 Å². The molecule has 2 nitrogen and oxygen atoms in total. The van der Waals surface area contributed by atoms with Gasteiger partial charge >= 0.3 is 0 Å². The van der Waals surface area contributed by atoms with E-state index in [-0.39, 0.29) is 0 Å². The van der Waals surface area contributed by atoms with Crippen LogP contribution in [0.15, 0.2) is 229 Å². The Morgan fingerprint density at radius 1 is 0.279 bits per heavy atom. The van der Waals surface area contributed by atoms with Gasteiger partial charge in [-0.15, -0.1) is 11.3 Å². The number of hydrogen-bond acceptors (Lipinski definition) is 3. The highest BCUT2D eigenvalue weighted by Crippen LogP contribution is 2.42. The molecule has 0 aliphatic heterocycles. The normalized spacial score (nSPS) is 11.6. The van der Waals surface area contributed by atoms with Crippen LogP contribution in [0.2, 0.25) is 0 Å². The van der Waals surface area contributed by atoms with E-state index in [9.17, 15) is 0 Å². The number of anilines is 3. The zero-order chi connectivity index (χ0) is 40.3. The first-order chi connectivity index (χ1) is 30.2. The first kappa shape index (κ1) is 35.2. The summed E-state index contributed by atoms with van der Waals surface area (Å²) in [5.41, 5.74) is 14.6. The number of benzene rings is 10. The molecule has 61 heavy (non-hydrogen) atoms. The maximum absolute atomic E-state index is 6.25. The fourth-order valence-electron chi connectivity index (χ4n) is 8.94. The van der Waals surface area contributed by atoms with Crippen molar-refractivity contribution in [3.05, 3.63) is 224 Å². The van der Waals surface area contributed by atoms with E-state index in [0.29, 0.717) is 0 Å². The summed E-state index contributed by atoms with van der Waals surface area (Å²) in [6.45, 7) is 0. The quantitative estimate of drug-likeness (QED) is 0.160. The van der Waals surface area contributed by atoms with Crippen molar-refractivity contribution in [3.63, 3.8) is 0 Å². The molecule has 2 aromatic heterocycles. The standard InChI is InChI=1S/C58H37NOS/c1-2-10-41-34-46(20-19-38(41)9-1)45-14-8-13-44(35-45)43-12-7-11-42(33-43)39-21-26-48(27-22-39)59(50-30-32-54-53-16-4-6-18-57(53)61-58(54)37-50)49-28-23-40(24-29-49)47-25-31-52-51-15-3-5-17-55(51)60-56(52)36-47/h1-37H. The molecule has 2 heterocycles. The van der Waals surface area contributed by atoms with Gasteiger partial charge in [-0.05, 0) is 134 Å². The van der Waals surface area contributed by atoms with Crippen LogP contribution < -0.4 is 4.90 Å². The minimum absolute atomic E-state index is 0.904. The van der Waals surface area contributed by atoms with Crippen LogP contribution in [0.1, 0.15) is 0 Å². The Kier molecular flexibility index (Phi) is 8.39. The van der Waals surface area contributed by atoms with E-state index in [4.69, 9.17) is 4.42 Å². The molecule has 12 aromatic rings. The fourth-order valence-corrected chi connectivity index (χ4v) is 10.1. The number of para-hydroxylation sites is 1. The number of nitrogens with zero attached hydrogens (tertiary/aromatic N) is 1. The summed E-state index contributed by atoms with van der Waals surface area (Å²) in [7, 11) is 0. The van der Waals surface area contributed by atoms with E-state index in [1.165, 1.54) is 64.3 Å². The highest BCUT2D eigenvalue weighted by atomic mass is 32.1. The highest BCUT2D eigenvalue weighted by Gasteiger charge is 2.16. The van der Waals surface area contributed by atoms with Gasteiger partial charge in [-0.25, -0.2) is 0 Å². The molecule has 0 radical (unpaired) electrons. The van der Waals surface area contributed by atoms with Gasteiger partial charge in [0.2, 0.25) is 0 Å². The summed E-state index contributed by atoms with van der Waals surface area (Å²) < 4.78 is 8.83. The molecule has 0 aliphatic carbocycles. The first-order valence-electron chi connectivity index (χ1n) is 20.7. The average molecular weight is 796 g/mol. The molecule has 3 heteroatoms. The largest absolute Gasteiger partial charge is 0.456 e. The van der Waals surface area contributed by atoms with Crippen molar-refractivity contribution < 1.29 is 4.42 Å². The summed E-state index contributed by atoms with van der Waals surface area (Å²) in [5, 5.41) is 7.39.